The predicted molar refractivity (Wildman–Crippen MR) is 61.0 cm³/mol. The molecule has 85 valence electrons. The molecule has 0 aliphatic heterocycles. The minimum atomic E-state index is -0.611. The zero-order valence-corrected chi connectivity index (χ0v) is 12.5. The van der Waals surface area contributed by atoms with E-state index in [2.05, 4.69) is 0 Å². The minimum absolute atomic E-state index is 0.00271. The molecular weight excluding hydrogens is 314 g/mol. The van der Waals surface area contributed by atoms with Crippen LogP contribution in [0.5, 0.6) is 0 Å². The van der Waals surface area contributed by atoms with Gasteiger partial charge in [-0.3, -0.25) is 0 Å². The van der Waals surface area contributed by atoms with Crippen molar-refractivity contribution in [1.82, 2.24) is 0 Å². The van der Waals surface area contributed by atoms with Gasteiger partial charge in [0.05, 0.1) is 0 Å². The molecule has 0 aliphatic rings. The Morgan fingerprint density at radius 1 is 1.44 bits per heavy atom. The number of esters is 1. The number of hydrogen-bond donors (Lipinski definition) is 0. The third-order valence-corrected chi connectivity index (χ3v) is 3.02. The molecule has 1 rings (SSSR count). The van der Waals surface area contributed by atoms with Gasteiger partial charge in [0.25, 0.3) is 0 Å². The maximum atomic E-state index is 13.6. The first kappa shape index (κ1) is 13.5. The molecule has 0 heterocycles. The molecule has 0 bridgehead atoms. The van der Waals surface area contributed by atoms with Crippen molar-refractivity contribution >= 4 is 28.5 Å². The van der Waals surface area contributed by atoms with Gasteiger partial charge in [-0.1, -0.05) is 0 Å². The average molecular weight is 328 g/mol. The molecule has 0 N–H and O–H groups in total. The summed E-state index contributed by atoms with van der Waals surface area (Å²) in [6.45, 7) is 5.27. The summed E-state index contributed by atoms with van der Waals surface area (Å²) in [5.41, 5.74) is 0.309. The Morgan fingerprint density at radius 3 is 2.50 bits per heavy atom. The molecule has 0 spiro atoms. The van der Waals surface area contributed by atoms with Crippen LogP contribution in [0.2, 0.25) is 0 Å². The molecule has 0 unspecified atom stereocenters. The van der Waals surface area contributed by atoms with E-state index in [0.29, 0.717) is 0 Å². The normalized spacial score (nSPS) is 11.3. The van der Waals surface area contributed by atoms with Crippen LogP contribution in [-0.4, -0.2) is 34.1 Å². The quantitative estimate of drug-likeness (QED) is 0.616. The maximum absolute atomic E-state index is 13.6. The molecule has 16 heavy (non-hydrogen) atoms. The van der Waals surface area contributed by atoms with Crippen LogP contribution in [-0.2, 0) is 9.17 Å². The van der Waals surface area contributed by atoms with Crippen LogP contribution in [0.15, 0.2) is 18.2 Å². The third kappa shape index (κ3) is 3.77. The second kappa shape index (κ2) is 5.17. The first-order valence-electron chi connectivity index (χ1n) is 5.00. The Kier molecular flexibility index (Phi) is 4.35. The van der Waals surface area contributed by atoms with Gasteiger partial charge in [0.15, 0.2) is 0 Å². The Hall–Kier alpha value is -0.581. The van der Waals surface area contributed by atoms with Crippen LogP contribution < -0.4 is 0 Å². The number of hydrogen-bond acceptors (Lipinski definition) is 2. The molecule has 0 atom stereocenters. The van der Waals surface area contributed by atoms with Crippen LogP contribution >= 0.6 is 0 Å². The van der Waals surface area contributed by atoms with Gasteiger partial charge in [-0.25, -0.2) is 0 Å². The molecule has 4 heteroatoms. The van der Waals surface area contributed by atoms with E-state index in [9.17, 15) is 9.18 Å². The number of benzene rings is 1. The molecule has 0 aliphatic carbocycles. The summed E-state index contributed by atoms with van der Waals surface area (Å²) in [5.74, 6) is -1.12. The van der Waals surface area contributed by atoms with Crippen molar-refractivity contribution in [2.24, 2.45) is 0 Å². The number of carbonyl (C=O) groups is 1. The summed E-state index contributed by atoms with van der Waals surface area (Å²) < 4.78 is 19.5. The van der Waals surface area contributed by atoms with Gasteiger partial charge < -0.3 is 0 Å². The SMILES string of the molecule is CC(C)(C)OC(=O)c1ccc([CH2][Sn])cc1F. The van der Waals surface area contributed by atoms with E-state index in [4.69, 9.17) is 4.74 Å². The standard InChI is InChI=1S/C12H14FO2.Sn/c1-8-5-6-9(10(13)7-8)11(14)15-12(2,3)4;/h5-7H,1H2,2-4H3;. The van der Waals surface area contributed by atoms with Gasteiger partial charge in [0.1, 0.15) is 0 Å². The molecule has 0 amide bonds. The Bertz CT molecular complexity index is 396. The Balaban J connectivity index is 2.93. The van der Waals surface area contributed by atoms with Crippen molar-refractivity contribution in [1.29, 1.82) is 0 Å². The second-order valence-electron chi connectivity index (χ2n) is 4.49. The monoisotopic (exact) mass is 329 g/mol. The fourth-order valence-corrected chi connectivity index (χ4v) is 1.79. The summed E-state index contributed by atoms with van der Waals surface area (Å²) in [6, 6.07) is 4.65. The van der Waals surface area contributed by atoms with E-state index in [1.165, 1.54) is 34.7 Å². The van der Waals surface area contributed by atoms with Crippen LogP contribution in [0.25, 0.3) is 0 Å². The molecule has 0 saturated carbocycles. The summed E-state index contributed by atoms with van der Waals surface area (Å²) in [5, 5.41) is 0. The van der Waals surface area contributed by atoms with Crippen molar-refractivity contribution in [3.63, 3.8) is 0 Å². The number of ether oxygens (including phenoxy) is 1. The second-order valence-corrected chi connectivity index (χ2v) is 5.50. The van der Waals surface area contributed by atoms with E-state index < -0.39 is 17.4 Å². The fraction of sp³-hybridized carbons (Fsp3) is 0.417. The summed E-state index contributed by atoms with van der Waals surface area (Å²) in [7, 11) is 0. The average Bonchev–Trinajstić information content (AvgIpc) is 2.14. The summed E-state index contributed by atoms with van der Waals surface area (Å²) >= 11 is 1.31. The van der Waals surface area contributed by atoms with Crippen molar-refractivity contribution in [2.45, 2.75) is 30.8 Å². The zero-order valence-electron chi connectivity index (χ0n) is 9.63. The summed E-state index contributed by atoms with van der Waals surface area (Å²) in [6.07, 6.45) is 0. The molecule has 3 radical (unpaired) electrons. The van der Waals surface area contributed by atoms with Gasteiger partial charge >= 0.3 is 108 Å². The van der Waals surface area contributed by atoms with E-state index >= 15 is 0 Å². The van der Waals surface area contributed by atoms with E-state index in [1.807, 2.05) is 0 Å². The molecular formula is C12H14FO2Sn. The molecule has 0 aromatic heterocycles. The van der Waals surface area contributed by atoms with Crippen molar-refractivity contribution in [3.05, 3.63) is 35.1 Å². The summed E-state index contributed by atoms with van der Waals surface area (Å²) in [4.78, 5) is 11.6. The molecule has 0 fully saturated rings. The van der Waals surface area contributed by atoms with Crippen LogP contribution in [0.3, 0.4) is 0 Å². The van der Waals surface area contributed by atoms with Gasteiger partial charge in [0.2, 0.25) is 0 Å². The van der Waals surface area contributed by atoms with Crippen molar-refractivity contribution in [3.8, 4) is 0 Å². The van der Waals surface area contributed by atoms with E-state index in [-0.39, 0.29) is 5.56 Å². The first-order chi connectivity index (χ1) is 7.33. The molecule has 2 nitrogen and oxygen atoms in total. The fourth-order valence-electron chi connectivity index (χ4n) is 1.17. The van der Waals surface area contributed by atoms with Gasteiger partial charge in [0, 0.05) is 0 Å². The van der Waals surface area contributed by atoms with Gasteiger partial charge in [-0.05, 0) is 0 Å². The first-order valence-corrected chi connectivity index (χ1v) is 7.01. The predicted octanol–water partition coefficient (Wildman–Crippen LogP) is 2.45. The van der Waals surface area contributed by atoms with Gasteiger partial charge in [-0.2, -0.15) is 0 Å². The van der Waals surface area contributed by atoms with Crippen molar-refractivity contribution in [2.75, 3.05) is 0 Å². The number of halogens is 1. The van der Waals surface area contributed by atoms with Crippen LogP contribution in [0.4, 0.5) is 4.39 Å². The Labute approximate surface area is 108 Å². The molecule has 1 aromatic rings. The molecule has 0 saturated heterocycles. The third-order valence-electron chi connectivity index (χ3n) is 1.86. The van der Waals surface area contributed by atoms with Crippen LogP contribution in [0, 0.1) is 5.82 Å². The Morgan fingerprint density at radius 2 is 2.06 bits per heavy atom. The zero-order chi connectivity index (χ0) is 12.3. The molecule has 1 aromatic carbocycles. The van der Waals surface area contributed by atoms with E-state index in [1.54, 1.807) is 26.8 Å². The van der Waals surface area contributed by atoms with Crippen LogP contribution in [0.1, 0.15) is 36.7 Å². The van der Waals surface area contributed by atoms with E-state index in [0.717, 1.165) is 10.0 Å². The number of carbonyl (C=O) groups excluding carboxylic acids is 1. The topological polar surface area (TPSA) is 26.3 Å². The van der Waals surface area contributed by atoms with Gasteiger partial charge in [-0.15, -0.1) is 0 Å². The number of rotatable bonds is 2. The van der Waals surface area contributed by atoms with Crippen molar-refractivity contribution < 1.29 is 13.9 Å².